The number of aromatic nitrogens is 3. The molecule has 1 aliphatic heterocycles. The quantitative estimate of drug-likeness (QED) is 0.645. The van der Waals surface area contributed by atoms with Gasteiger partial charge in [-0.2, -0.15) is 5.10 Å². The molecule has 2 aliphatic rings. The number of amides is 1. The summed E-state index contributed by atoms with van der Waals surface area (Å²) in [5.74, 6) is 0.541. The van der Waals surface area contributed by atoms with Gasteiger partial charge in [0.1, 0.15) is 11.6 Å². The highest BCUT2D eigenvalue weighted by molar-refractivity contribution is 6.33. The Hall–Kier alpha value is -2.25. The molecule has 2 N–H and O–H groups in total. The number of Topliss-reactive ketones (excluding diaryl/α,β-unsaturated/α-hetero) is 1. The molecule has 0 spiro atoms. The molecule has 1 saturated carbocycles. The number of rotatable bonds is 7. The van der Waals surface area contributed by atoms with Gasteiger partial charge in [0.15, 0.2) is 0 Å². The predicted octanol–water partition coefficient (Wildman–Crippen LogP) is 4.27. The van der Waals surface area contributed by atoms with Crippen molar-refractivity contribution < 1.29 is 14.7 Å². The van der Waals surface area contributed by atoms with Gasteiger partial charge in [-0.25, -0.2) is 4.98 Å². The van der Waals surface area contributed by atoms with Gasteiger partial charge in [0.25, 0.3) is 0 Å². The average molecular weight is 459 g/mol. The number of aliphatic hydroxyl groups excluding tert-OH is 1. The Kier molecular flexibility index (Phi) is 6.67. The van der Waals surface area contributed by atoms with E-state index in [4.69, 9.17) is 16.7 Å². The summed E-state index contributed by atoms with van der Waals surface area (Å²) < 4.78 is 2.03. The second kappa shape index (κ2) is 9.32. The van der Waals surface area contributed by atoms with Gasteiger partial charge in [0.05, 0.1) is 11.2 Å². The van der Waals surface area contributed by atoms with E-state index in [0.29, 0.717) is 23.7 Å². The van der Waals surface area contributed by atoms with Crippen molar-refractivity contribution in [2.75, 3.05) is 11.9 Å². The standard InChI is InChI=1S/C24H31ClN4O3/c1-24(2)11-21-19(12-27-29(21)14-24)18-10-22(26-13-20(18)25)28-23(32)16-5-3-4-15(8-16)9-17(31)6-7-30/h10,12-13,15-16,30H,3-9,11,14H2,1-2H3,(H,26,28,32)/t15-,16+/m1/s1. The van der Waals surface area contributed by atoms with Crippen LogP contribution >= 0.6 is 11.6 Å². The number of carbonyl (C=O) groups excluding carboxylic acids is 2. The molecule has 3 heterocycles. The van der Waals surface area contributed by atoms with E-state index in [0.717, 1.165) is 49.0 Å². The number of carbonyl (C=O) groups is 2. The normalized spacial score (nSPS) is 21.9. The Morgan fingerprint density at radius 3 is 2.88 bits per heavy atom. The summed E-state index contributed by atoms with van der Waals surface area (Å²) in [6, 6.07) is 1.83. The molecule has 172 valence electrons. The van der Waals surface area contributed by atoms with Crippen LogP contribution in [-0.4, -0.2) is 38.2 Å². The maximum Gasteiger partial charge on any atom is 0.228 e. The van der Waals surface area contributed by atoms with Gasteiger partial charge in [-0.1, -0.05) is 31.9 Å². The van der Waals surface area contributed by atoms with Crippen LogP contribution in [0.15, 0.2) is 18.5 Å². The van der Waals surface area contributed by atoms with Gasteiger partial charge >= 0.3 is 0 Å². The predicted molar refractivity (Wildman–Crippen MR) is 123 cm³/mol. The second-order valence-corrected chi connectivity index (χ2v) is 10.4. The van der Waals surface area contributed by atoms with Crippen LogP contribution in [0.5, 0.6) is 0 Å². The highest BCUT2D eigenvalue weighted by Crippen LogP contribution is 2.39. The molecule has 0 saturated heterocycles. The molecule has 1 fully saturated rings. The molecule has 0 unspecified atom stereocenters. The fraction of sp³-hybridized carbons (Fsp3) is 0.583. The first-order valence-electron chi connectivity index (χ1n) is 11.4. The van der Waals surface area contributed by atoms with Gasteiger partial charge in [0.2, 0.25) is 5.91 Å². The van der Waals surface area contributed by atoms with E-state index in [1.165, 1.54) is 0 Å². The molecule has 2 atom stereocenters. The first-order valence-corrected chi connectivity index (χ1v) is 11.8. The highest BCUT2D eigenvalue weighted by Gasteiger charge is 2.32. The van der Waals surface area contributed by atoms with E-state index >= 15 is 0 Å². The Morgan fingerprint density at radius 1 is 1.28 bits per heavy atom. The molecular formula is C24H31ClN4O3. The van der Waals surface area contributed by atoms with Crippen LogP contribution in [0, 0.1) is 17.3 Å². The van der Waals surface area contributed by atoms with Crippen molar-refractivity contribution in [1.82, 2.24) is 14.8 Å². The SMILES string of the molecule is CC1(C)Cc2c(-c3cc(NC(=O)[C@H]4CCC[C@@H](CC(=O)CCO)C4)ncc3Cl)cnn2C1. The zero-order valence-corrected chi connectivity index (χ0v) is 19.5. The van der Waals surface area contributed by atoms with E-state index < -0.39 is 0 Å². The number of anilines is 1. The van der Waals surface area contributed by atoms with Crippen molar-refractivity contribution in [1.29, 1.82) is 0 Å². The molecule has 2 aromatic heterocycles. The summed E-state index contributed by atoms with van der Waals surface area (Å²) in [6.07, 6.45) is 8.34. The Bertz CT molecular complexity index is 1020. The summed E-state index contributed by atoms with van der Waals surface area (Å²) in [4.78, 5) is 29.2. The Morgan fingerprint density at radius 2 is 2.09 bits per heavy atom. The zero-order chi connectivity index (χ0) is 22.9. The number of pyridine rings is 1. The minimum absolute atomic E-state index is 0.0635. The fourth-order valence-electron chi connectivity index (χ4n) is 5.08. The molecule has 0 radical (unpaired) electrons. The average Bonchev–Trinajstić information content (AvgIpc) is 3.24. The highest BCUT2D eigenvalue weighted by atomic mass is 35.5. The lowest BCUT2D eigenvalue weighted by molar-refractivity contribution is -0.124. The summed E-state index contributed by atoms with van der Waals surface area (Å²) in [7, 11) is 0. The minimum Gasteiger partial charge on any atom is -0.396 e. The third-order valence-corrected chi connectivity index (χ3v) is 6.93. The van der Waals surface area contributed by atoms with Crippen molar-refractivity contribution in [2.45, 2.75) is 65.3 Å². The van der Waals surface area contributed by atoms with Crippen molar-refractivity contribution in [3.8, 4) is 11.1 Å². The summed E-state index contributed by atoms with van der Waals surface area (Å²) in [6.45, 7) is 5.20. The number of aliphatic hydroxyl groups is 1. The number of ketones is 1. The molecule has 2 aromatic rings. The van der Waals surface area contributed by atoms with Crippen molar-refractivity contribution in [2.24, 2.45) is 17.3 Å². The van der Waals surface area contributed by atoms with Crippen LogP contribution in [0.1, 0.15) is 58.1 Å². The summed E-state index contributed by atoms with van der Waals surface area (Å²) in [5, 5.41) is 17.0. The molecule has 4 rings (SSSR count). The lowest BCUT2D eigenvalue weighted by Gasteiger charge is -2.28. The molecule has 7 nitrogen and oxygen atoms in total. The molecule has 1 aliphatic carbocycles. The molecule has 32 heavy (non-hydrogen) atoms. The third-order valence-electron chi connectivity index (χ3n) is 6.63. The maximum absolute atomic E-state index is 13.0. The lowest BCUT2D eigenvalue weighted by Crippen LogP contribution is -2.29. The van der Waals surface area contributed by atoms with Gasteiger partial charge in [-0.05, 0) is 43.1 Å². The van der Waals surface area contributed by atoms with Gasteiger partial charge in [-0.15, -0.1) is 0 Å². The number of nitrogens with zero attached hydrogens (tertiary/aromatic N) is 3. The van der Waals surface area contributed by atoms with Gasteiger partial charge < -0.3 is 10.4 Å². The Balaban J connectivity index is 1.46. The summed E-state index contributed by atoms with van der Waals surface area (Å²) >= 11 is 6.48. The van der Waals surface area contributed by atoms with Crippen LogP contribution in [0.4, 0.5) is 5.82 Å². The summed E-state index contributed by atoms with van der Waals surface area (Å²) in [5.41, 5.74) is 3.12. The fourth-order valence-corrected chi connectivity index (χ4v) is 5.28. The van der Waals surface area contributed by atoms with Crippen LogP contribution in [0.2, 0.25) is 5.02 Å². The Labute approximate surface area is 193 Å². The first kappa shape index (κ1) is 22.9. The zero-order valence-electron chi connectivity index (χ0n) is 18.7. The van der Waals surface area contributed by atoms with E-state index in [-0.39, 0.29) is 42.0 Å². The monoisotopic (exact) mass is 458 g/mol. The topological polar surface area (TPSA) is 97.1 Å². The van der Waals surface area contributed by atoms with Gasteiger partial charge in [0, 0.05) is 54.9 Å². The number of fused-ring (bicyclic) bond motifs is 1. The van der Waals surface area contributed by atoms with Crippen molar-refractivity contribution in [3.63, 3.8) is 0 Å². The molecule has 8 heteroatoms. The van der Waals surface area contributed by atoms with E-state index in [2.05, 4.69) is 29.2 Å². The maximum atomic E-state index is 13.0. The number of nitrogens with one attached hydrogen (secondary N) is 1. The number of hydrogen-bond acceptors (Lipinski definition) is 5. The minimum atomic E-state index is -0.141. The van der Waals surface area contributed by atoms with E-state index in [9.17, 15) is 9.59 Å². The van der Waals surface area contributed by atoms with E-state index in [1.807, 2.05) is 16.9 Å². The largest absolute Gasteiger partial charge is 0.396 e. The molecule has 1 amide bonds. The second-order valence-electron chi connectivity index (χ2n) is 9.99. The number of hydrogen-bond donors (Lipinski definition) is 2. The first-order chi connectivity index (χ1) is 15.3. The smallest absolute Gasteiger partial charge is 0.228 e. The van der Waals surface area contributed by atoms with Crippen LogP contribution < -0.4 is 5.32 Å². The van der Waals surface area contributed by atoms with Gasteiger partial charge in [-0.3, -0.25) is 14.3 Å². The lowest BCUT2D eigenvalue weighted by atomic mass is 9.78. The van der Waals surface area contributed by atoms with Crippen molar-refractivity contribution in [3.05, 3.63) is 29.2 Å². The van der Waals surface area contributed by atoms with E-state index in [1.54, 1.807) is 6.20 Å². The molecule has 0 aromatic carbocycles. The molecular weight excluding hydrogens is 428 g/mol. The van der Waals surface area contributed by atoms with Crippen LogP contribution in [-0.2, 0) is 22.6 Å². The van der Waals surface area contributed by atoms with Crippen molar-refractivity contribution >= 4 is 29.1 Å². The van der Waals surface area contributed by atoms with Crippen LogP contribution in [0.3, 0.4) is 0 Å². The molecule has 0 bridgehead atoms. The third kappa shape index (κ3) is 5.04. The number of halogens is 1. The van der Waals surface area contributed by atoms with Crippen LogP contribution in [0.25, 0.3) is 11.1 Å².